The van der Waals surface area contributed by atoms with E-state index >= 15 is 0 Å². The molecular weight excluding hydrogens is 254 g/mol. The number of fused-ring (bicyclic) bond motifs is 3. The number of carbonyl (C=O) groups excluding carboxylic acids is 1. The summed E-state index contributed by atoms with van der Waals surface area (Å²) >= 11 is 0. The summed E-state index contributed by atoms with van der Waals surface area (Å²) in [6, 6.07) is 11.2. The number of methoxy groups -OCH3 is 2. The van der Waals surface area contributed by atoms with Gasteiger partial charge in [-0.25, -0.2) is 4.79 Å². The van der Waals surface area contributed by atoms with Crippen molar-refractivity contribution in [3.8, 4) is 5.75 Å². The van der Waals surface area contributed by atoms with Crippen molar-refractivity contribution in [2.45, 2.75) is 0 Å². The fourth-order valence-corrected chi connectivity index (χ4v) is 2.27. The summed E-state index contributed by atoms with van der Waals surface area (Å²) in [6.07, 6.45) is 1.78. The van der Waals surface area contributed by atoms with Crippen molar-refractivity contribution in [1.82, 2.24) is 4.98 Å². The molecule has 4 nitrogen and oxygen atoms in total. The minimum absolute atomic E-state index is 0.358. The van der Waals surface area contributed by atoms with Crippen molar-refractivity contribution in [2.24, 2.45) is 0 Å². The van der Waals surface area contributed by atoms with Gasteiger partial charge in [-0.15, -0.1) is 0 Å². The molecule has 1 heterocycles. The lowest BCUT2D eigenvalue weighted by Crippen LogP contribution is -2.00. The molecule has 2 aromatic carbocycles. The van der Waals surface area contributed by atoms with Crippen LogP contribution in [0.1, 0.15) is 10.4 Å². The molecule has 3 aromatic rings. The summed E-state index contributed by atoms with van der Waals surface area (Å²) in [5.74, 6) is 0.438. The molecule has 0 bridgehead atoms. The SMILES string of the molecule is COC(=O)c1ccc2c(c1)ncc1cc(OC)ccc12. The van der Waals surface area contributed by atoms with Gasteiger partial charge in [0.1, 0.15) is 5.75 Å². The standard InChI is InChI=1S/C16H13NO3/c1-19-12-4-6-13-11(7-12)9-17-15-8-10(16(18)20-2)3-5-14(13)15/h3-9H,1-2H3. The van der Waals surface area contributed by atoms with Crippen LogP contribution in [0.4, 0.5) is 0 Å². The Morgan fingerprint density at radius 2 is 1.85 bits per heavy atom. The number of carbonyl (C=O) groups is 1. The average Bonchev–Trinajstić information content (AvgIpc) is 2.52. The maximum Gasteiger partial charge on any atom is 0.337 e. The molecule has 100 valence electrons. The Morgan fingerprint density at radius 3 is 2.60 bits per heavy atom. The predicted molar refractivity (Wildman–Crippen MR) is 77.1 cm³/mol. The first kappa shape index (κ1) is 12.4. The van der Waals surface area contributed by atoms with Crippen molar-refractivity contribution in [3.05, 3.63) is 48.2 Å². The zero-order valence-electron chi connectivity index (χ0n) is 11.2. The van der Waals surface area contributed by atoms with Crippen LogP contribution in [0.25, 0.3) is 21.7 Å². The molecule has 0 saturated heterocycles. The van der Waals surface area contributed by atoms with Gasteiger partial charge in [0, 0.05) is 17.0 Å². The largest absolute Gasteiger partial charge is 0.497 e. The van der Waals surface area contributed by atoms with Gasteiger partial charge in [-0.05, 0) is 35.7 Å². The lowest BCUT2D eigenvalue weighted by atomic mass is 10.0. The number of pyridine rings is 1. The van der Waals surface area contributed by atoms with E-state index in [0.717, 1.165) is 27.4 Å². The highest BCUT2D eigenvalue weighted by Crippen LogP contribution is 2.27. The number of hydrogen-bond donors (Lipinski definition) is 0. The van der Waals surface area contributed by atoms with E-state index in [2.05, 4.69) is 4.98 Å². The molecule has 20 heavy (non-hydrogen) atoms. The highest BCUT2D eigenvalue weighted by atomic mass is 16.5. The number of nitrogens with zero attached hydrogens (tertiary/aromatic N) is 1. The number of rotatable bonds is 2. The van der Waals surface area contributed by atoms with Crippen LogP contribution in [-0.2, 0) is 4.74 Å². The van der Waals surface area contributed by atoms with Crippen LogP contribution < -0.4 is 4.74 Å². The molecule has 0 aliphatic heterocycles. The number of ether oxygens (including phenoxy) is 2. The Morgan fingerprint density at radius 1 is 1.05 bits per heavy atom. The molecule has 0 amide bonds. The molecule has 4 heteroatoms. The lowest BCUT2D eigenvalue weighted by molar-refractivity contribution is 0.0601. The fourth-order valence-electron chi connectivity index (χ4n) is 2.27. The van der Waals surface area contributed by atoms with Crippen LogP contribution in [0.5, 0.6) is 5.75 Å². The van der Waals surface area contributed by atoms with E-state index in [1.54, 1.807) is 25.4 Å². The molecular formula is C16H13NO3. The van der Waals surface area contributed by atoms with Gasteiger partial charge in [0.15, 0.2) is 0 Å². The summed E-state index contributed by atoms with van der Waals surface area (Å²) in [4.78, 5) is 15.9. The van der Waals surface area contributed by atoms with E-state index in [1.807, 2.05) is 24.3 Å². The third-order valence-electron chi connectivity index (χ3n) is 3.31. The van der Waals surface area contributed by atoms with Gasteiger partial charge in [0.05, 0.1) is 25.3 Å². The van der Waals surface area contributed by atoms with Crippen LogP contribution in [-0.4, -0.2) is 25.2 Å². The smallest absolute Gasteiger partial charge is 0.337 e. The Hall–Kier alpha value is -2.62. The Labute approximate surface area is 115 Å². The van der Waals surface area contributed by atoms with Gasteiger partial charge in [-0.1, -0.05) is 6.07 Å². The number of aromatic nitrogens is 1. The molecule has 0 aliphatic carbocycles. The molecule has 3 rings (SSSR count). The summed E-state index contributed by atoms with van der Waals surface area (Å²) in [5, 5.41) is 3.08. The Bertz CT molecular complexity index is 811. The Kier molecular flexibility index (Phi) is 2.99. The van der Waals surface area contributed by atoms with Gasteiger partial charge in [-0.3, -0.25) is 4.98 Å². The molecule has 0 radical (unpaired) electrons. The van der Waals surface area contributed by atoms with Crippen molar-refractivity contribution in [3.63, 3.8) is 0 Å². The van der Waals surface area contributed by atoms with Crippen molar-refractivity contribution in [2.75, 3.05) is 14.2 Å². The molecule has 0 unspecified atom stereocenters. The van der Waals surface area contributed by atoms with Gasteiger partial charge in [0.25, 0.3) is 0 Å². The average molecular weight is 267 g/mol. The zero-order chi connectivity index (χ0) is 14.1. The normalized spacial score (nSPS) is 10.7. The topological polar surface area (TPSA) is 48.4 Å². The van der Waals surface area contributed by atoms with E-state index in [4.69, 9.17) is 9.47 Å². The first-order valence-electron chi connectivity index (χ1n) is 6.18. The first-order chi connectivity index (χ1) is 9.72. The maximum atomic E-state index is 11.5. The van der Waals surface area contributed by atoms with E-state index in [1.165, 1.54) is 7.11 Å². The van der Waals surface area contributed by atoms with Gasteiger partial charge in [0.2, 0.25) is 0 Å². The highest BCUT2D eigenvalue weighted by molar-refractivity contribution is 6.07. The van der Waals surface area contributed by atoms with Gasteiger partial charge >= 0.3 is 5.97 Å². The van der Waals surface area contributed by atoms with E-state index in [9.17, 15) is 4.79 Å². The number of benzene rings is 2. The van der Waals surface area contributed by atoms with E-state index in [-0.39, 0.29) is 5.97 Å². The monoisotopic (exact) mass is 267 g/mol. The number of esters is 1. The number of hydrogen-bond acceptors (Lipinski definition) is 4. The summed E-state index contributed by atoms with van der Waals surface area (Å²) < 4.78 is 9.93. The summed E-state index contributed by atoms with van der Waals surface area (Å²) in [7, 11) is 3.00. The maximum absolute atomic E-state index is 11.5. The highest BCUT2D eigenvalue weighted by Gasteiger charge is 2.08. The van der Waals surface area contributed by atoms with Crippen LogP contribution in [0.2, 0.25) is 0 Å². The van der Waals surface area contributed by atoms with Gasteiger partial charge < -0.3 is 9.47 Å². The van der Waals surface area contributed by atoms with Crippen LogP contribution in [0.15, 0.2) is 42.6 Å². The van der Waals surface area contributed by atoms with Crippen LogP contribution >= 0.6 is 0 Å². The second kappa shape index (κ2) is 4.81. The Balaban J connectivity index is 2.24. The van der Waals surface area contributed by atoms with Crippen LogP contribution in [0, 0.1) is 0 Å². The van der Waals surface area contributed by atoms with E-state index < -0.39 is 0 Å². The van der Waals surface area contributed by atoms with Crippen LogP contribution in [0.3, 0.4) is 0 Å². The second-order valence-electron chi connectivity index (χ2n) is 4.43. The van der Waals surface area contributed by atoms with Crippen molar-refractivity contribution < 1.29 is 14.3 Å². The molecule has 0 fully saturated rings. The minimum atomic E-state index is -0.358. The molecule has 0 N–H and O–H groups in total. The van der Waals surface area contributed by atoms with Crippen molar-refractivity contribution >= 4 is 27.6 Å². The molecule has 1 aromatic heterocycles. The molecule has 0 atom stereocenters. The predicted octanol–water partition coefficient (Wildman–Crippen LogP) is 3.18. The summed E-state index contributed by atoms with van der Waals surface area (Å²) in [6.45, 7) is 0. The van der Waals surface area contributed by atoms with Gasteiger partial charge in [-0.2, -0.15) is 0 Å². The lowest BCUT2D eigenvalue weighted by Gasteiger charge is -2.06. The van der Waals surface area contributed by atoms with Crippen molar-refractivity contribution in [1.29, 1.82) is 0 Å². The zero-order valence-corrected chi connectivity index (χ0v) is 11.2. The first-order valence-corrected chi connectivity index (χ1v) is 6.18. The fraction of sp³-hybridized carbons (Fsp3) is 0.125. The van der Waals surface area contributed by atoms with E-state index in [0.29, 0.717) is 5.56 Å². The quantitative estimate of drug-likeness (QED) is 0.528. The second-order valence-corrected chi connectivity index (χ2v) is 4.43. The molecule has 0 saturated carbocycles. The third-order valence-corrected chi connectivity index (χ3v) is 3.31. The third kappa shape index (κ3) is 1.95. The minimum Gasteiger partial charge on any atom is -0.497 e. The summed E-state index contributed by atoms with van der Waals surface area (Å²) in [5.41, 5.74) is 1.27. The molecule has 0 aliphatic rings. The molecule has 0 spiro atoms.